The van der Waals surface area contributed by atoms with Crippen LogP contribution in [-0.2, 0) is 9.53 Å². The minimum atomic E-state index is -0.0115. The van der Waals surface area contributed by atoms with E-state index in [1.807, 2.05) is 24.3 Å². The van der Waals surface area contributed by atoms with Gasteiger partial charge in [0.05, 0.1) is 12.5 Å². The van der Waals surface area contributed by atoms with Gasteiger partial charge in [-0.2, -0.15) is 0 Å². The molecule has 0 bridgehead atoms. The number of carbonyl (C=O) groups is 1. The molecule has 1 heterocycles. The molecule has 1 fully saturated rings. The largest absolute Gasteiger partial charge is 0.492 e. The van der Waals surface area contributed by atoms with Crippen molar-refractivity contribution in [2.24, 2.45) is 5.73 Å². The molecule has 0 radical (unpaired) electrons. The minimum Gasteiger partial charge on any atom is -0.492 e. The van der Waals surface area contributed by atoms with Gasteiger partial charge in [-0.3, -0.25) is 4.79 Å². The smallest absolute Gasteiger partial charge is 0.226 e. The molecule has 1 aliphatic rings. The molecule has 1 saturated heterocycles. The van der Waals surface area contributed by atoms with Crippen LogP contribution in [0.15, 0.2) is 24.3 Å². The molecular weight excluding hydrogens is 280 g/mol. The van der Waals surface area contributed by atoms with E-state index in [-0.39, 0.29) is 24.4 Å². The van der Waals surface area contributed by atoms with E-state index >= 15 is 0 Å². The molecule has 2 rings (SSSR count). The van der Waals surface area contributed by atoms with Crippen molar-refractivity contribution >= 4 is 24.0 Å². The first kappa shape index (κ1) is 16.8. The van der Waals surface area contributed by atoms with Gasteiger partial charge < -0.3 is 20.5 Å². The molecule has 20 heavy (non-hydrogen) atoms. The fourth-order valence-electron chi connectivity index (χ4n) is 2.04. The first-order valence-electron chi connectivity index (χ1n) is 6.62. The molecule has 3 N–H and O–H groups in total. The average molecular weight is 301 g/mol. The predicted octanol–water partition coefficient (Wildman–Crippen LogP) is 1.95. The van der Waals surface area contributed by atoms with Gasteiger partial charge in [0.15, 0.2) is 0 Å². The summed E-state index contributed by atoms with van der Waals surface area (Å²) in [5.41, 5.74) is 6.12. The van der Waals surface area contributed by atoms with Crippen molar-refractivity contribution in [1.29, 1.82) is 0 Å². The molecule has 1 atom stereocenters. The maximum atomic E-state index is 11.8. The molecule has 112 valence electrons. The molecular formula is C14H21ClN2O3. The molecule has 1 aromatic carbocycles. The van der Waals surface area contributed by atoms with Crippen molar-refractivity contribution in [2.45, 2.75) is 25.4 Å². The van der Waals surface area contributed by atoms with Crippen LogP contribution in [-0.4, -0.2) is 31.8 Å². The highest BCUT2D eigenvalue weighted by molar-refractivity contribution is 5.91. The van der Waals surface area contributed by atoms with Gasteiger partial charge in [0.1, 0.15) is 12.4 Å². The number of hydrogen-bond acceptors (Lipinski definition) is 4. The number of nitrogens with one attached hydrogen (secondary N) is 1. The second-order valence-electron chi connectivity index (χ2n) is 4.55. The zero-order valence-corrected chi connectivity index (χ0v) is 12.2. The maximum Gasteiger partial charge on any atom is 0.226 e. The normalized spacial score (nSPS) is 17.4. The Morgan fingerprint density at radius 1 is 1.40 bits per heavy atom. The highest BCUT2D eigenvalue weighted by Crippen LogP contribution is 2.18. The number of ether oxygens (including phenoxy) is 2. The molecule has 0 aromatic heterocycles. The minimum absolute atomic E-state index is 0. The van der Waals surface area contributed by atoms with Crippen LogP contribution in [0, 0.1) is 0 Å². The summed E-state index contributed by atoms with van der Waals surface area (Å²) in [5.74, 6) is 0.741. The number of halogens is 1. The number of amides is 1. The predicted molar refractivity (Wildman–Crippen MR) is 80.5 cm³/mol. The Morgan fingerprint density at radius 3 is 2.75 bits per heavy atom. The first-order chi connectivity index (χ1) is 9.28. The summed E-state index contributed by atoms with van der Waals surface area (Å²) >= 11 is 0. The molecule has 5 nitrogen and oxygen atoms in total. The molecule has 1 unspecified atom stereocenters. The van der Waals surface area contributed by atoms with Crippen molar-refractivity contribution in [3.8, 4) is 5.75 Å². The standard InChI is InChI=1S/C14H20N2O3.ClH/c15-7-9-19-12-5-3-11(4-6-12)16-14(17)10-13-2-1-8-18-13;/h3-6,13H,1-2,7-10,15H2,(H,16,17);1H. The van der Waals surface area contributed by atoms with Crippen LogP contribution < -0.4 is 15.8 Å². The number of hydrogen-bond donors (Lipinski definition) is 2. The van der Waals surface area contributed by atoms with E-state index in [0.717, 1.165) is 30.9 Å². The van der Waals surface area contributed by atoms with E-state index in [1.165, 1.54) is 0 Å². The Kier molecular flexibility index (Phi) is 7.36. The number of carbonyl (C=O) groups excluding carboxylic acids is 1. The lowest BCUT2D eigenvalue weighted by Gasteiger charge is -2.10. The SMILES string of the molecule is Cl.NCCOc1ccc(NC(=O)CC2CCCO2)cc1. The van der Waals surface area contributed by atoms with Crippen molar-refractivity contribution in [3.05, 3.63) is 24.3 Å². The zero-order valence-electron chi connectivity index (χ0n) is 11.3. The average Bonchev–Trinajstić information content (AvgIpc) is 2.90. The van der Waals surface area contributed by atoms with E-state index < -0.39 is 0 Å². The van der Waals surface area contributed by atoms with E-state index in [0.29, 0.717) is 19.6 Å². The van der Waals surface area contributed by atoms with Crippen molar-refractivity contribution in [1.82, 2.24) is 0 Å². The molecule has 1 aromatic rings. The molecule has 6 heteroatoms. The van der Waals surface area contributed by atoms with Crippen LogP contribution in [0.2, 0.25) is 0 Å². The Labute approximate surface area is 125 Å². The summed E-state index contributed by atoms with van der Waals surface area (Å²) in [6.45, 7) is 1.75. The van der Waals surface area contributed by atoms with Crippen LogP contribution in [0.5, 0.6) is 5.75 Å². The highest BCUT2D eigenvalue weighted by Gasteiger charge is 2.18. The monoisotopic (exact) mass is 300 g/mol. The van der Waals surface area contributed by atoms with Crippen molar-refractivity contribution in [3.63, 3.8) is 0 Å². The van der Waals surface area contributed by atoms with Crippen molar-refractivity contribution < 1.29 is 14.3 Å². The lowest BCUT2D eigenvalue weighted by atomic mass is 10.2. The van der Waals surface area contributed by atoms with Crippen LogP contribution in [0.1, 0.15) is 19.3 Å². The highest BCUT2D eigenvalue weighted by atomic mass is 35.5. The third kappa shape index (κ3) is 5.36. The number of benzene rings is 1. The first-order valence-corrected chi connectivity index (χ1v) is 6.62. The summed E-state index contributed by atoms with van der Waals surface area (Å²) in [5, 5.41) is 2.85. The van der Waals surface area contributed by atoms with Gasteiger partial charge in [-0.1, -0.05) is 0 Å². The lowest BCUT2D eigenvalue weighted by molar-refractivity contribution is -0.118. The summed E-state index contributed by atoms with van der Waals surface area (Å²) in [4.78, 5) is 11.8. The Morgan fingerprint density at radius 2 is 2.15 bits per heavy atom. The Hall–Kier alpha value is -1.30. The van der Waals surface area contributed by atoms with Gasteiger partial charge in [-0.15, -0.1) is 12.4 Å². The molecule has 0 aliphatic carbocycles. The number of nitrogens with two attached hydrogens (primary N) is 1. The van der Waals surface area contributed by atoms with Gasteiger partial charge in [-0.25, -0.2) is 0 Å². The van der Waals surface area contributed by atoms with Gasteiger partial charge >= 0.3 is 0 Å². The maximum absolute atomic E-state index is 11.8. The fourth-order valence-corrected chi connectivity index (χ4v) is 2.04. The second-order valence-corrected chi connectivity index (χ2v) is 4.55. The summed E-state index contributed by atoms with van der Waals surface area (Å²) < 4.78 is 10.8. The summed E-state index contributed by atoms with van der Waals surface area (Å²) in [6.07, 6.45) is 2.52. The van der Waals surface area contributed by atoms with E-state index in [9.17, 15) is 4.79 Å². The van der Waals surface area contributed by atoms with Crippen LogP contribution in [0.25, 0.3) is 0 Å². The molecule has 0 spiro atoms. The molecule has 0 saturated carbocycles. The number of anilines is 1. The quantitative estimate of drug-likeness (QED) is 0.842. The molecule has 1 aliphatic heterocycles. The topological polar surface area (TPSA) is 73.6 Å². The van der Waals surface area contributed by atoms with Gasteiger partial charge in [0.2, 0.25) is 5.91 Å². The van der Waals surface area contributed by atoms with Crippen molar-refractivity contribution in [2.75, 3.05) is 25.1 Å². The second kappa shape index (κ2) is 8.79. The third-order valence-electron chi connectivity index (χ3n) is 2.96. The third-order valence-corrected chi connectivity index (χ3v) is 2.96. The fraction of sp³-hybridized carbons (Fsp3) is 0.500. The van der Waals surface area contributed by atoms with Gasteiger partial charge in [0.25, 0.3) is 0 Å². The summed E-state index contributed by atoms with van der Waals surface area (Å²) in [7, 11) is 0. The zero-order chi connectivity index (χ0) is 13.5. The lowest BCUT2D eigenvalue weighted by Crippen LogP contribution is -2.19. The Bertz CT molecular complexity index is 405. The van der Waals surface area contributed by atoms with E-state index in [2.05, 4.69) is 5.32 Å². The van der Waals surface area contributed by atoms with Gasteiger partial charge in [-0.05, 0) is 37.1 Å². The molecule has 1 amide bonds. The summed E-state index contributed by atoms with van der Waals surface area (Å²) in [6, 6.07) is 7.27. The Balaban J connectivity index is 0.00000200. The van der Waals surface area contributed by atoms with Crippen LogP contribution in [0.3, 0.4) is 0 Å². The van der Waals surface area contributed by atoms with Crippen LogP contribution >= 0.6 is 12.4 Å². The van der Waals surface area contributed by atoms with Crippen LogP contribution in [0.4, 0.5) is 5.69 Å². The van der Waals surface area contributed by atoms with Gasteiger partial charge in [0, 0.05) is 18.8 Å². The number of rotatable bonds is 6. The van der Waals surface area contributed by atoms with E-state index in [4.69, 9.17) is 15.2 Å². The van der Waals surface area contributed by atoms with E-state index in [1.54, 1.807) is 0 Å².